The third-order valence-corrected chi connectivity index (χ3v) is 6.30. The topological polar surface area (TPSA) is 134 Å². The predicted molar refractivity (Wildman–Crippen MR) is 139 cm³/mol. The molecule has 2 aromatic heterocycles. The molecule has 190 valence electrons. The van der Waals surface area contributed by atoms with Crippen molar-refractivity contribution < 1.29 is 9.90 Å². The smallest absolute Gasteiger partial charge is 0.231 e. The number of aromatic amines is 1. The van der Waals surface area contributed by atoms with E-state index in [1.165, 1.54) is 0 Å². The van der Waals surface area contributed by atoms with Crippen molar-refractivity contribution in [3.8, 4) is 0 Å². The average molecular weight is 492 g/mol. The molecular weight excluding hydrogens is 458 g/mol. The van der Waals surface area contributed by atoms with Gasteiger partial charge in [0.15, 0.2) is 5.82 Å². The summed E-state index contributed by atoms with van der Waals surface area (Å²) in [6, 6.07) is 12.0. The minimum absolute atomic E-state index is 0.0673. The molecule has 2 aliphatic rings. The van der Waals surface area contributed by atoms with Crippen molar-refractivity contribution in [3.05, 3.63) is 47.7 Å². The molecule has 2 fully saturated rings. The normalized spacial score (nSPS) is 16.1. The number of H-pyrrole nitrogens is 1. The number of aromatic nitrogens is 4. The minimum Gasteiger partial charge on any atom is -0.395 e. The van der Waals surface area contributed by atoms with Crippen LogP contribution in [0.3, 0.4) is 0 Å². The van der Waals surface area contributed by atoms with Crippen LogP contribution in [0, 0.1) is 6.92 Å². The molecule has 1 amide bonds. The molecule has 1 saturated carbocycles. The molecule has 1 aromatic carbocycles. The number of aryl methyl sites for hydroxylation is 1. The van der Waals surface area contributed by atoms with Gasteiger partial charge in [0.05, 0.1) is 13.0 Å². The molecule has 0 atom stereocenters. The van der Waals surface area contributed by atoms with Gasteiger partial charge in [0.1, 0.15) is 11.6 Å². The number of nitrogens with one attached hydrogen (secondary N) is 4. The van der Waals surface area contributed by atoms with Crippen molar-refractivity contribution in [1.29, 1.82) is 0 Å². The van der Waals surface area contributed by atoms with E-state index < -0.39 is 0 Å². The summed E-state index contributed by atoms with van der Waals surface area (Å²) in [6.07, 6.45) is 2.55. The highest BCUT2D eigenvalue weighted by Crippen LogP contribution is 2.24. The van der Waals surface area contributed by atoms with E-state index in [4.69, 9.17) is 4.98 Å². The molecule has 36 heavy (non-hydrogen) atoms. The summed E-state index contributed by atoms with van der Waals surface area (Å²) in [5, 5.41) is 26.0. The molecule has 0 unspecified atom stereocenters. The first-order valence-electron chi connectivity index (χ1n) is 12.5. The number of piperazine rings is 1. The quantitative estimate of drug-likeness (QED) is 0.288. The van der Waals surface area contributed by atoms with Gasteiger partial charge in [-0.1, -0.05) is 12.1 Å². The second kappa shape index (κ2) is 10.9. The third kappa shape index (κ3) is 6.49. The van der Waals surface area contributed by atoms with Gasteiger partial charge in [-0.25, -0.2) is 0 Å². The van der Waals surface area contributed by atoms with Crippen molar-refractivity contribution in [1.82, 2.24) is 30.4 Å². The largest absolute Gasteiger partial charge is 0.395 e. The molecular formula is C25H33N9O2. The van der Waals surface area contributed by atoms with Gasteiger partial charge in [0.25, 0.3) is 0 Å². The Bertz CT molecular complexity index is 1170. The van der Waals surface area contributed by atoms with Gasteiger partial charge < -0.3 is 26.0 Å². The van der Waals surface area contributed by atoms with E-state index in [0.29, 0.717) is 36.6 Å². The molecule has 5 rings (SSSR count). The average Bonchev–Trinajstić information content (AvgIpc) is 3.59. The van der Waals surface area contributed by atoms with E-state index in [9.17, 15) is 9.90 Å². The van der Waals surface area contributed by atoms with Crippen LogP contribution < -0.4 is 20.9 Å². The number of β-amino-alcohol motifs (C(OH)–C–C–N with tert-alkyl or cyclic N) is 1. The maximum atomic E-state index is 12.1. The van der Waals surface area contributed by atoms with Gasteiger partial charge in [0.2, 0.25) is 11.9 Å². The van der Waals surface area contributed by atoms with Crippen LogP contribution in [0.1, 0.15) is 24.1 Å². The molecule has 1 saturated heterocycles. The van der Waals surface area contributed by atoms with Gasteiger partial charge >= 0.3 is 0 Å². The van der Waals surface area contributed by atoms with Crippen LogP contribution in [-0.2, 0) is 11.2 Å². The summed E-state index contributed by atoms with van der Waals surface area (Å²) in [4.78, 5) is 26.0. The molecule has 0 spiro atoms. The van der Waals surface area contributed by atoms with E-state index in [2.05, 4.69) is 40.9 Å². The number of anilines is 5. The van der Waals surface area contributed by atoms with Crippen LogP contribution in [0.5, 0.6) is 0 Å². The number of carbonyl (C=O) groups excluding carboxylic acids is 1. The van der Waals surface area contributed by atoms with Gasteiger partial charge in [-0.2, -0.15) is 15.1 Å². The first-order valence-corrected chi connectivity index (χ1v) is 12.5. The van der Waals surface area contributed by atoms with E-state index in [-0.39, 0.29) is 12.5 Å². The van der Waals surface area contributed by atoms with E-state index in [1.54, 1.807) is 0 Å². The van der Waals surface area contributed by atoms with E-state index in [0.717, 1.165) is 61.8 Å². The maximum absolute atomic E-state index is 12.1. The van der Waals surface area contributed by atoms with Crippen molar-refractivity contribution >= 4 is 35.0 Å². The van der Waals surface area contributed by atoms with Crippen LogP contribution in [0.4, 0.5) is 29.1 Å². The summed E-state index contributed by atoms with van der Waals surface area (Å²) in [7, 11) is 0. The van der Waals surface area contributed by atoms with Gasteiger partial charge in [0, 0.05) is 62.3 Å². The molecule has 3 heterocycles. The molecule has 11 heteroatoms. The molecule has 0 bridgehead atoms. The summed E-state index contributed by atoms with van der Waals surface area (Å²) in [6.45, 7) is 6.16. The Morgan fingerprint density at radius 2 is 1.83 bits per heavy atom. The highest BCUT2D eigenvalue weighted by molar-refractivity contribution is 5.79. The second-order valence-corrected chi connectivity index (χ2v) is 9.39. The zero-order valence-electron chi connectivity index (χ0n) is 20.5. The lowest BCUT2D eigenvalue weighted by Gasteiger charge is -2.35. The fourth-order valence-electron chi connectivity index (χ4n) is 4.20. The summed E-state index contributed by atoms with van der Waals surface area (Å²) in [5.74, 6) is 2.68. The molecule has 3 aromatic rings. The number of amides is 1. The van der Waals surface area contributed by atoms with Crippen LogP contribution in [-0.4, -0.2) is 81.5 Å². The standard InChI is InChI=1S/C25H33N9O2/c1-17-14-22(32-31-17)28-21-16-23(34-10-8-33(9-11-34)12-13-35)30-25(29-21)27-20-4-2-18(3-5-20)15-24(36)26-19-6-7-19/h2-5,14,16,19,35H,6-13,15H2,1H3,(H,26,36)(H3,27,28,29,30,31,32). The zero-order chi connectivity index (χ0) is 24.9. The molecule has 1 aliphatic carbocycles. The number of carbonyl (C=O) groups is 1. The summed E-state index contributed by atoms with van der Waals surface area (Å²) >= 11 is 0. The van der Waals surface area contributed by atoms with Crippen LogP contribution >= 0.6 is 0 Å². The number of rotatable bonds is 10. The number of hydrogen-bond donors (Lipinski definition) is 5. The van der Waals surface area contributed by atoms with Gasteiger partial charge in [-0.15, -0.1) is 0 Å². The van der Waals surface area contributed by atoms with Crippen molar-refractivity contribution in [2.45, 2.75) is 32.2 Å². The lowest BCUT2D eigenvalue weighted by Crippen LogP contribution is -2.47. The Morgan fingerprint density at radius 3 is 2.50 bits per heavy atom. The highest BCUT2D eigenvalue weighted by atomic mass is 16.3. The maximum Gasteiger partial charge on any atom is 0.231 e. The monoisotopic (exact) mass is 491 g/mol. The van der Waals surface area contributed by atoms with E-state index in [1.807, 2.05) is 43.3 Å². The van der Waals surface area contributed by atoms with Gasteiger partial charge in [-0.05, 0) is 37.5 Å². The number of benzene rings is 1. The molecule has 1 aliphatic heterocycles. The van der Waals surface area contributed by atoms with Crippen LogP contribution in [0.15, 0.2) is 36.4 Å². The number of nitrogens with zero attached hydrogens (tertiary/aromatic N) is 5. The minimum atomic E-state index is 0.0673. The van der Waals surface area contributed by atoms with Crippen molar-refractivity contribution in [3.63, 3.8) is 0 Å². The molecule has 0 radical (unpaired) electrons. The fourth-order valence-corrected chi connectivity index (χ4v) is 4.20. The number of aliphatic hydroxyl groups excluding tert-OH is 1. The molecule has 5 N–H and O–H groups in total. The van der Waals surface area contributed by atoms with Gasteiger partial charge in [-0.3, -0.25) is 14.8 Å². The Morgan fingerprint density at radius 1 is 1.06 bits per heavy atom. The Hall–Kier alpha value is -3.70. The lowest BCUT2D eigenvalue weighted by atomic mass is 10.1. The highest BCUT2D eigenvalue weighted by Gasteiger charge is 2.23. The number of aliphatic hydroxyl groups is 1. The zero-order valence-corrected chi connectivity index (χ0v) is 20.5. The first-order chi connectivity index (χ1) is 17.5. The van der Waals surface area contributed by atoms with Crippen LogP contribution in [0.2, 0.25) is 0 Å². The lowest BCUT2D eigenvalue weighted by molar-refractivity contribution is -0.120. The number of hydrogen-bond acceptors (Lipinski definition) is 9. The van der Waals surface area contributed by atoms with Crippen molar-refractivity contribution in [2.24, 2.45) is 0 Å². The Labute approximate surface area is 210 Å². The van der Waals surface area contributed by atoms with Crippen molar-refractivity contribution in [2.75, 3.05) is 54.9 Å². The Balaban J connectivity index is 1.30. The predicted octanol–water partition coefficient (Wildman–Crippen LogP) is 1.93. The third-order valence-electron chi connectivity index (χ3n) is 6.30. The fraction of sp³-hybridized carbons (Fsp3) is 0.440. The molecule has 11 nitrogen and oxygen atoms in total. The Kier molecular flexibility index (Phi) is 7.28. The second-order valence-electron chi connectivity index (χ2n) is 9.39. The summed E-state index contributed by atoms with van der Waals surface area (Å²) in [5.41, 5.74) is 2.76. The summed E-state index contributed by atoms with van der Waals surface area (Å²) < 4.78 is 0. The SMILES string of the molecule is Cc1cc(Nc2cc(N3CCN(CCO)CC3)nc(Nc3ccc(CC(=O)NC4CC4)cc3)n2)n[nH]1. The van der Waals surface area contributed by atoms with E-state index >= 15 is 0 Å². The van der Waals surface area contributed by atoms with Crippen LogP contribution in [0.25, 0.3) is 0 Å². The first kappa shape index (κ1) is 24.0.